The normalized spacial score (nSPS) is 14.9. The molecule has 0 aliphatic heterocycles. The van der Waals surface area contributed by atoms with Crippen molar-refractivity contribution < 1.29 is 9.90 Å². The van der Waals surface area contributed by atoms with Gasteiger partial charge in [0.2, 0.25) is 0 Å². The standard InChI is InChI=1S/C20H25NO2/c1-14(21-16(3)18-9-5-4-6-10-18)12-17-8-7-11-19(13-17)15(2)20(22)23/h4-11,13-16,21H,12H2,1-3H3,(H,22,23). The van der Waals surface area contributed by atoms with E-state index in [1.807, 2.05) is 24.3 Å². The van der Waals surface area contributed by atoms with Crippen LogP contribution in [0.2, 0.25) is 0 Å². The number of carbonyl (C=O) groups is 1. The highest BCUT2D eigenvalue weighted by atomic mass is 16.4. The van der Waals surface area contributed by atoms with Crippen LogP contribution in [0.5, 0.6) is 0 Å². The molecule has 122 valence electrons. The number of nitrogens with one attached hydrogen (secondary N) is 1. The van der Waals surface area contributed by atoms with Crippen LogP contribution in [-0.2, 0) is 11.2 Å². The number of carboxylic acid groups (broad SMARTS) is 1. The van der Waals surface area contributed by atoms with Gasteiger partial charge in [-0.1, -0.05) is 54.6 Å². The van der Waals surface area contributed by atoms with Gasteiger partial charge >= 0.3 is 5.97 Å². The number of benzene rings is 2. The number of rotatable bonds is 7. The molecule has 0 amide bonds. The molecule has 0 radical (unpaired) electrons. The molecule has 23 heavy (non-hydrogen) atoms. The van der Waals surface area contributed by atoms with Gasteiger partial charge in [-0.2, -0.15) is 0 Å². The Hall–Kier alpha value is -2.13. The largest absolute Gasteiger partial charge is 0.481 e. The Labute approximate surface area is 138 Å². The lowest BCUT2D eigenvalue weighted by Crippen LogP contribution is -2.30. The summed E-state index contributed by atoms with van der Waals surface area (Å²) in [5.74, 6) is -1.26. The van der Waals surface area contributed by atoms with Crippen LogP contribution in [-0.4, -0.2) is 17.1 Å². The molecule has 0 aliphatic carbocycles. The summed E-state index contributed by atoms with van der Waals surface area (Å²) in [4.78, 5) is 11.1. The van der Waals surface area contributed by atoms with E-state index in [0.29, 0.717) is 6.04 Å². The lowest BCUT2D eigenvalue weighted by Gasteiger charge is -2.21. The van der Waals surface area contributed by atoms with Gasteiger partial charge in [-0.3, -0.25) is 4.79 Å². The summed E-state index contributed by atoms with van der Waals surface area (Å²) in [6, 6.07) is 18.9. The van der Waals surface area contributed by atoms with Gasteiger partial charge in [0, 0.05) is 12.1 Å². The van der Waals surface area contributed by atoms with Crippen LogP contribution in [0.3, 0.4) is 0 Å². The van der Waals surface area contributed by atoms with Gasteiger partial charge in [0.15, 0.2) is 0 Å². The highest BCUT2D eigenvalue weighted by Crippen LogP contribution is 2.18. The molecule has 0 aliphatic rings. The molecule has 3 heteroatoms. The first-order chi connectivity index (χ1) is 11.0. The highest BCUT2D eigenvalue weighted by molar-refractivity contribution is 5.75. The van der Waals surface area contributed by atoms with Crippen LogP contribution in [0.25, 0.3) is 0 Å². The van der Waals surface area contributed by atoms with E-state index in [-0.39, 0.29) is 6.04 Å². The molecule has 2 aromatic carbocycles. The van der Waals surface area contributed by atoms with Crippen molar-refractivity contribution >= 4 is 5.97 Å². The zero-order valence-corrected chi connectivity index (χ0v) is 14.0. The SMILES string of the molecule is CC(Cc1cccc(C(C)C(=O)O)c1)NC(C)c1ccccc1. The highest BCUT2D eigenvalue weighted by Gasteiger charge is 2.15. The third-order valence-corrected chi connectivity index (χ3v) is 4.20. The first-order valence-corrected chi connectivity index (χ1v) is 8.10. The second-order valence-electron chi connectivity index (χ2n) is 6.21. The maximum Gasteiger partial charge on any atom is 0.310 e. The third-order valence-electron chi connectivity index (χ3n) is 4.20. The monoisotopic (exact) mass is 311 g/mol. The lowest BCUT2D eigenvalue weighted by molar-refractivity contribution is -0.138. The Morgan fingerprint density at radius 2 is 1.65 bits per heavy atom. The van der Waals surface area contributed by atoms with E-state index in [4.69, 9.17) is 5.11 Å². The fourth-order valence-corrected chi connectivity index (χ4v) is 2.81. The van der Waals surface area contributed by atoms with E-state index in [1.165, 1.54) is 5.56 Å². The molecular weight excluding hydrogens is 286 g/mol. The van der Waals surface area contributed by atoms with Crippen molar-refractivity contribution in [3.63, 3.8) is 0 Å². The van der Waals surface area contributed by atoms with E-state index in [1.54, 1.807) is 6.92 Å². The quantitative estimate of drug-likeness (QED) is 0.807. The van der Waals surface area contributed by atoms with Crippen LogP contribution in [0, 0.1) is 0 Å². The van der Waals surface area contributed by atoms with Crippen molar-refractivity contribution in [2.75, 3.05) is 0 Å². The number of hydrogen-bond donors (Lipinski definition) is 2. The predicted molar refractivity (Wildman–Crippen MR) is 93.7 cm³/mol. The smallest absolute Gasteiger partial charge is 0.310 e. The average molecular weight is 311 g/mol. The minimum atomic E-state index is -0.786. The summed E-state index contributed by atoms with van der Waals surface area (Å²) in [6.07, 6.45) is 0.872. The summed E-state index contributed by atoms with van der Waals surface area (Å²) in [5, 5.41) is 12.7. The van der Waals surface area contributed by atoms with Gasteiger partial charge in [-0.15, -0.1) is 0 Å². The first kappa shape index (κ1) is 17.2. The molecule has 3 unspecified atom stereocenters. The maximum absolute atomic E-state index is 11.1. The Bertz CT molecular complexity index is 639. The van der Waals surface area contributed by atoms with Gasteiger partial charge < -0.3 is 10.4 Å². The van der Waals surface area contributed by atoms with Crippen molar-refractivity contribution in [3.05, 3.63) is 71.3 Å². The van der Waals surface area contributed by atoms with Gasteiger partial charge in [0.1, 0.15) is 0 Å². The minimum Gasteiger partial charge on any atom is -0.481 e. The number of hydrogen-bond acceptors (Lipinski definition) is 2. The molecule has 0 saturated carbocycles. The van der Waals surface area contributed by atoms with E-state index in [0.717, 1.165) is 17.5 Å². The van der Waals surface area contributed by atoms with Crippen LogP contribution in [0.4, 0.5) is 0 Å². The molecule has 3 atom stereocenters. The van der Waals surface area contributed by atoms with E-state index in [9.17, 15) is 4.79 Å². The van der Waals surface area contributed by atoms with Crippen molar-refractivity contribution in [2.45, 2.75) is 45.2 Å². The molecule has 0 aromatic heterocycles. The number of carboxylic acids is 1. The Morgan fingerprint density at radius 3 is 2.30 bits per heavy atom. The molecule has 2 N–H and O–H groups in total. The van der Waals surface area contributed by atoms with E-state index < -0.39 is 11.9 Å². The molecule has 3 nitrogen and oxygen atoms in total. The van der Waals surface area contributed by atoms with Gasteiger partial charge in [-0.05, 0) is 43.9 Å². The molecule has 0 saturated heterocycles. The van der Waals surface area contributed by atoms with Crippen molar-refractivity contribution in [2.24, 2.45) is 0 Å². The maximum atomic E-state index is 11.1. The Balaban J connectivity index is 1.99. The molecule has 0 spiro atoms. The van der Waals surface area contributed by atoms with Crippen LogP contribution < -0.4 is 5.32 Å². The fourth-order valence-electron chi connectivity index (χ4n) is 2.81. The summed E-state index contributed by atoms with van der Waals surface area (Å²) < 4.78 is 0. The molecular formula is C20H25NO2. The van der Waals surface area contributed by atoms with Crippen LogP contribution in [0.1, 0.15) is 49.4 Å². The van der Waals surface area contributed by atoms with Crippen molar-refractivity contribution in [1.29, 1.82) is 0 Å². The molecule has 0 heterocycles. The van der Waals surface area contributed by atoms with Gasteiger partial charge in [-0.25, -0.2) is 0 Å². The molecule has 0 bridgehead atoms. The third kappa shape index (κ3) is 4.93. The average Bonchev–Trinajstić information content (AvgIpc) is 2.55. The zero-order chi connectivity index (χ0) is 16.8. The van der Waals surface area contributed by atoms with Crippen LogP contribution in [0.15, 0.2) is 54.6 Å². The molecule has 2 rings (SSSR count). The van der Waals surface area contributed by atoms with Gasteiger partial charge in [0.05, 0.1) is 5.92 Å². The molecule has 0 fully saturated rings. The summed E-state index contributed by atoms with van der Waals surface area (Å²) in [7, 11) is 0. The summed E-state index contributed by atoms with van der Waals surface area (Å²) in [6.45, 7) is 6.04. The minimum absolute atomic E-state index is 0.285. The summed E-state index contributed by atoms with van der Waals surface area (Å²) in [5.41, 5.74) is 3.29. The van der Waals surface area contributed by atoms with E-state index >= 15 is 0 Å². The van der Waals surface area contributed by atoms with Crippen molar-refractivity contribution in [1.82, 2.24) is 5.32 Å². The fraction of sp³-hybridized carbons (Fsp3) is 0.350. The second-order valence-corrected chi connectivity index (χ2v) is 6.21. The summed E-state index contributed by atoms with van der Waals surface area (Å²) >= 11 is 0. The Morgan fingerprint density at radius 1 is 1.00 bits per heavy atom. The Kier molecular flexibility index (Phi) is 5.94. The molecule has 2 aromatic rings. The first-order valence-electron chi connectivity index (χ1n) is 8.10. The van der Waals surface area contributed by atoms with Crippen molar-refractivity contribution in [3.8, 4) is 0 Å². The topological polar surface area (TPSA) is 49.3 Å². The lowest BCUT2D eigenvalue weighted by atomic mass is 9.96. The van der Waals surface area contributed by atoms with Crippen LogP contribution >= 0.6 is 0 Å². The number of aliphatic carboxylic acids is 1. The second kappa shape index (κ2) is 7.93. The zero-order valence-electron chi connectivity index (χ0n) is 14.0. The predicted octanol–water partition coefficient (Wildman–Crippen LogP) is 4.16. The van der Waals surface area contributed by atoms with E-state index in [2.05, 4.69) is 49.5 Å². The van der Waals surface area contributed by atoms with Gasteiger partial charge in [0.25, 0.3) is 0 Å².